The zero-order chi connectivity index (χ0) is 7.58. The van der Waals surface area contributed by atoms with E-state index >= 15 is 0 Å². The number of carboxylic acid groups (broad SMARTS) is 2. The molecule has 0 fully saturated rings. The molecule has 0 atom stereocenters. The highest BCUT2D eigenvalue weighted by Crippen LogP contribution is 1.21. The van der Waals surface area contributed by atoms with Crippen LogP contribution >= 0.6 is 0 Å². The van der Waals surface area contributed by atoms with Crippen molar-refractivity contribution in [1.82, 2.24) is 0 Å². The molecule has 0 aromatic carbocycles. The Bertz CT molecular complexity index is 45.6. The van der Waals surface area contributed by atoms with Gasteiger partial charge in [0.1, 0.15) is 0 Å². The molecule has 0 spiro atoms. The van der Waals surface area contributed by atoms with Crippen LogP contribution in [0.3, 0.4) is 0 Å². The molecule has 0 aromatic heterocycles. The van der Waals surface area contributed by atoms with Gasteiger partial charge in [-0.15, -0.1) is 26.3 Å². The van der Waals surface area contributed by atoms with Gasteiger partial charge in [-0.3, -0.25) is 0 Å². The van der Waals surface area contributed by atoms with Gasteiger partial charge in [-0.2, -0.15) is 0 Å². The van der Waals surface area contributed by atoms with Crippen LogP contribution in [-0.2, 0) is 0 Å². The highest BCUT2D eigenvalue weighted by molar-refractivity contribution is 5.47. The van der Waals surface area contributed by atoms with Crippen molar-refractivity contribution >= 4 is 6.16 Å². The quantitative estimate of drug-likeness (QED) is 0.387. The van der Waals surface area contributed by atoms with Crippen molar-refractivity contribution in [2.75, 3.05) is 0 Å². The summed E-state index contributed by atoms with van der Waals surface area (Å²) in [5.41, 5.74) is 0. The highest BCUT2D eigenvalue weighted by atomic mass is 16.6. The van der Waals surface area contributed by atoms with Crippen LogP contribution < -0.4 is 10.2 Å². The molecule has 0 amide bonds. The third-order valence-corrected chi connectivity index (χ3v) is 0. The molecule has 3 heteroatoms. The van der Waals surface area contributed by atoms with Crippen molar-refractivity contribution in [3.63, 3.8) is 0 Å². The maximum Gasteiger partial charge on any atom is -0.0431 e. The molecule has 0 unspecified atom stereocenters. The van der Waals surface area contributed by atoms with Gasteiger partial charge in [0, 0.05) is 0 Å². The summed E-state index contributed by atoms with van der Waals surface area (Å²) in [5, 5.41) is 16.7. The Labute approximate surface area is 48.6 Å². The fraction of sp³-hybridized carbons (Fsp3) is 0. The first-order valence-electron chi connectivity index (χ1n) is 1.61. The summed E-state index contributed by atoms with van der Waals surface area (Å²) >= 11 is 0. The monoisotopic (exact) mass is 116 g/mol. The molecule has 48 valence electrons. The van der Waals surface area contributed by atoms with E-state index in [0.29, 0.717) is 0 Å². The number of rotatable bonds is 0. The average molecular weight is 116 g/mol. The Morgan fingerprint density at radius 2 is 1.00 bits per heavy atom. The van der Waals surface area contributed by atoms with Crippen LogP contribution in [0.2, 0.25) is 0 Å². The van der Waals surface area contributed by atoms with Crippen molar-refractivity contribution in [3.05, 3.63) is 26.3 Å². The zero-order valence-electron chi connectivity index (χ0n) is 4.55. The van der Waals surface area contributed by atoms with E-state index in [0.717, 1.165) is 0 Å². The minimum atomic E-state index is -2.33. The molecule has 0 radical (unpaired) electrons. The van der Waals surface area contributed by atoms with E-state index in [2.05, 4.69) is 26.3 Å². The lowest BCUT2D eigenvalue weighted by atomic mass is 11.3. The van der Waals surface area contributed by atoms with E-state index in [9.17, 15) is 0 Å². The lowest BCUT2D eigenvalue weighted by Gasteiger charge is -1.96. The molecule has 0 bridgehead atoms. The second-order valence-corrected chi connectivity index (χ2v) is 0.250. The van der Waals surface area contributed by atoms with Crippen molar-refractivity contribution in [1.29, 1.82) is 0 Å². The van der Waals surface area contributed by atoms with Gasteiger partial charge >= 0.3 is 0 Å². The normalized spacial score (nSPS) is 4.00. The van der Waals surface area contributed by atoms with Gasteiger partial charge in [0.05, 0.1) is 0 Å². The standard InChI is InChI=1S/2C2H4.CH2O3/c2*1-2;2-1(3)4/h2*1-2H2;(H2,2,3,4)/p-2. The summed E-state index contributed by atoms with van der Waals surface area (Å²) in [6.07, 6.45) is -2.33. The fourth-order valence-electron chi connectivity index (χ4n) is 0. The summed E-state index contributed by atoms with van der Waals surface area (Å²) in [6.45, 7) is 12.0. The maximum atomic E-state index is 8.33. The van der Waals surface area contributed by atoms with Gasteiger partial charge in [-0.1, -0.05) is 0 Å². The molecule has 0 saturated heterocycles. The summed E-state index contributed by atoms with van der Waals surface area (Å²) in [7, 11) is 0. The smallest absolute Gasteiger partial charge is 0.0431 e. The van der Waals surface area contributed by atoms with E-state index in [1.165, 1.54) is 0 Å². The first-order chi connectivity index (χ1) is 3.73. The van der Waals surface area contributed by atoms with Crippen LogP contribution in [0.15, 0.2) is 26.3 Å². The van der Waals surface area contributed by atoms with Crippen molar-refractivity contribution < 1.29 is 15.0 Å². The Kier molecular flexibility index (Phi) is 84.0. The van der Waals surface area contributed by atoms with Gasteiger partial charge in [-0.05, 0) is 6.16 Å². The van der Waals surface area contributed by atoms with E-state index in [1.54, 1.807) is 0 Å². The van der Waals surface area contributed by atoms with Crippen molar-refractivity contribution in [2.45, 2.75) is 0 Å². The molecule has 0 N–H and O–H groups in total. The topological polar surface area (TPSA) is 63.2 Å². The predicted octanol–water partition coefficient (Wildman–Crippen LogP) is -0.843. The van der Waals surface area contributed by atoms with Gasteiger partial charge in [-0.25, -0.2) is 0 Å². The third kappa shape index (κ3) is 42.8. The summed E-state index contributed by atoms with van der Waals surface area (Å²) < 4.78 is 0. The van der Waals surface area contributed by atoms with E-state index in [1.807, 2.05) is 0 Å². The molecule has 0 heterocycles. The Balaban J connectivity index is -0.0000000542. The SMILES string of the molecule is C=C.C=C.O=C([O-])[O-]. The lowest BCUT2D eigenvalue weighted by Crippen LogP contribution is -2.37. The van der Waals surface area contributed by atoms with Gasteiger partial charge in [0.2, 0.25) is 0 Å². The molecule has 0 aliphatic heterocycles. The molecular formula is C5H8O3-2. The van der Waals surface area contributed by atoms with Crippen LogP contribution in [0.1, 0.15) is 0 Å². The summed E-state index contributed by atoms with van der Waals surface area (Å²) in [4.78, 5) is 8.33. The lowest BCUT2D eigenvalue weighted by molar-refractivity contribution is -0.415. The van der Waals surface area contributed by atoms with Crippen molar-refractivity contribution in [2.24, 2.45) is 0 Å². The van der Waals surface area contributed by atoms with Gasteiger partial charge < -0.3 is 15.0 Å². The second kappa shape index (κ2) is 42.4. The van der Waals surface area contributed by atoms with Gasteiger partial charge in [0.25, 0.3) is 0 Å². The van der Waals surface area contributed by atoms with E-state index in [4.69, 9.17) is 15.0 Å². The fourth-order valence-corrected chi connectivity index (χ4v) is 0. The maximum absolute atomic E-state index is 8.33. The summed E-state index contributed by atoms with van der Waals surface area (Å²) in [5.74, 6) is 0. The first kappa shape index (κ1) is 15.9. The van der Waals surface area contributed by atoms with E-state index < -0.39 is 6.16 Å². The Morgan fingerprint density at radius 3 is 1.00 bits per heavy atom. The third-order valence-electron chi connectivity index (χ3n) is 0. The molecule has 0 rings (SSSR count). The van der Waals surface area contributed by atoms with Crippen LogP contribution in [0.5, 0.6) is 0 Å². The second-order valence-electron chi connectivity index (χ2n) is 0.250. The van der Waals surface area contributed by atoms with Crippen LogP contribution in [0.25, 0.3) is 0 Å². The Morgan fingerprint density at radius 1 is 1.00 bits per heavy atom. The molecule has 0 saturated carbocycles. The predicted molar refractivity (Wildman–Crippen MR) is 27.9 cm³/mol. The number of hydrogen-bond acceptors (Lipinski definition) is 3. The molecule has 8 heavy (non-hydrogen) atoms. The first-order valence-corrected chi connectivity index (χ1v) is 1.61. The molecule has 0 aliphatic rings. The minimum absolute atomic E-state index is 2.33. The molecular weight excluding hydrogens is 108 g/mol. The highest BCUT2D eigenvalue weighted by Gasteiger charge is 1.26. The van der Waals surface area contributed by atoms with Crippen LogP contribution in [0, 0.1) is 0 Å². The van der Waals surface area contributed by atoms with Crippen LogP contribution in [0.4, 0.5) is 4.79 Å². The Hall–Kier alpha value is -1.25. The van der Waals surface area contributed by atoms with E-state index in [-0.39, 0.29) is 0 Å². The van der Waals surface area contributed by atoms with Crippen LogP contribution in [-0.4, -0.2) is 6.16 Å². The summed E-state index contributed by atoms with van der Waals surface area (Å²) in [6, 6.07) is 0. The average Bonchev–Trinajstić information content (AvgIpc) is 1.75. The molecule has 0 aromatic rings. The molecule has 0 aliphatic carbocycles. The number of carbonyl (C=O) groups excluding carboxylic acids is 1. The number of carbonyl (C=O) groups is 1. The van der Waals surface area contributed by atoms with Crippen molar-refractivity contribution in [3.8, 4) is 0 Å². The minimum Gasteiger partial charge on any atom is -0.652 e. The molecule has 3 nitrogen and oxygen atoms in total. The zero-order valence-corrected chi connectivity index (χ0v) is 4.55. The largest absolute Gasteiger partial charge is 0.652 e. The van der Waals surface area contributed by atoms with Gasteiger partial charge in [0.15, 0.2) is 0 Å². The number of hydrogen-bond donors (Lipinski definition) is 0.